The van der Waals surface area contributed by atoms with Crippen LogP contribution >= 0.6 is 11.6 Å². The van der Waals surface area contributed by atoms with Crippen molar-refractivity contribution in [1.82, 2.24) is 15.2 Å². The molecule has 288 valence electrons. The molecule has 0 saturated carbocycles. The number of nitrogens with zero attached hydrogens (tertiary/aromatic N) is 2. The Morgan fingerprint density at radius 3 is 2.11 bits per heavy atom. The third kappa shape index (κ3) is 12.1. The van der Waals surface area contributed by atoms with Crippen LogP contribution in [0.1, 0.15) is 29.5 Å². The number of H-pyrrole nitrogens is 1. The van der Waals surface area contributed by atoms with Gasteiger partial charge in [-0.1, -0.05) is 48.9 Å². The van der Waals surface area contributed by atoms with Gasteiger partial charge < -0.3 is 35.1 Å². The fraction of sp³-hybridized carbons (Fsp3) is 0.361. The molecule has 0 spiro atoms. The molecular formula is C36H39ClF6N4O6. The molecule has 53 heavy (non-hydrogen) atoms. The Hall–Kier alpha value is -4.80. The van der Waals surface area contributed by atoms with Crippen LogP contribution in [0.25, 0.3) is 10.9 Å². The molecule has 17 heteroatoms. The van der Waals surface area contributed by atoms with Gasteiger partial charge in [0.15, 0.2) is 0 Å². The first-order chi connectivity index (χ1) is 24.7. The van der Waals surface area contributed by atoms with Crippen LogP contribution in [-0.2, 0) is 27.3 Å². The molecule has 4 N–H and O–H groups in total. The second kappa shape index (κ2) is 18.3. The number of aromatic amines is 1. The standard InChI is InChI=1S/C32H37ClN4O2.2C2HF3O2/c1-21(28-18-34-29-8-6-5-7-27(28)29)31(35-17-22-9-12-26(39-4)13-10-22)32(38)37-20-23(19-36(2)3)15-24-16-25(33)11-14-30(24)37;2*3-2(4,5)1(6)7/h5-14,16,18,21,23,31,34-35H,15,17,19-20H2,1-4H3;2*(H,6,7)/t21?,23-,31?;;/m1../s1. The summed E-state index contributed by atoms with van der Waals surface area (Å²) >= 11 is 6.39. The molecule has 2 heterocycles. The first-order valence-electron chi connectivity index (χ1n) is 16.0. The van der Waals surface area contributed by atoms with Crippen LogP contribution < -0.4 is 15.0 Å². The number of aliphatic carboxylic acids is 2. The summed E-state index contributed by atoms with van der Waals surface area (Å²) in [4.78, 5) is 39.9. The maximum absolute atomic E-state index is 14.6. The van der Waals surface area contributed by atoms with E-state index in [1.54, 1.807) is 7.11 Å². The number of para-hydroxylation sites is 1. The number of hydrogen-bond donors (Lipinski definition) is 4. The van der Waals surface area contributed by atoms with Crippen LogP contribution in [0.4, 0.5) is 32.0 Å². The quantitative estimate of drug-likeness (QED) is 0.132. The maximum atomic E-state index is 14.6. The van der Waals surface area contributed by atoms with E-state index in [-0.39, 0.29) is 11.8 Å². The van der Waals surface area contributed by atoms with Gasteiger partial charge in [-0.3, -0.25) is 4.79 Å². The number of alkyl halides is 6. The number of carboxylic acids is 2. The van der Waals surface area contributed by atoms with E-state index in [0.717, 1.165) is 52.0 Å². The minimum atomic E-state index is -5.08. The Bertz CT molecular complexity index is 1820. The smallest absolute Gasteiger partial charge is 0.490 e. The van der Waals surface area contributed by atoms with Gasteiger partial charge in [0.2, 0.25) is 5.91 Å². The van der Waals surface area contributed by atoms with Gasteiger partial charge in [0.1, 0.15) is 5.75 Å². The van der Waals surface area contributed by atoms with Crippen LogP contribution in [-0.4, -0.2) is 90.6 Å². The number of methoxy groups -OCH3 is 1. The Morgan fingerprint density at radius 1 is 0.981 bits per heavy atom. The average molecular weight is 773 g/mol. The SMILES string of the molecule is COc1ccc(CNC(C(=O)N2C[C@@H](CN(C)C)Cc3cc(Cl)ccc32)C(C)c2c[nH]c3ccccc23)cc1.O=C(O)C(F)(F)F.O=C(O)C(F)(F)F. The lowest BCUT2D eigenvalue weighted by Gasteiger charge is -2.39. The van der Waals surface area contributed by atoms with E-state index >= 15 is 0 Å². The average Bonchev–Trinajstić information content (AvgIpc) is 3.51. The predicted octanol–water partition coefficient (Wildman–Crippen LogP) is 7.13. The van der Waals surface area contributed by atoms with E-state index in [4.69, 9.17) is 36.1 Å². The number of rotatable bonds is 9. The molecule has 0 saturated heterocycles. The van der Waals surface area contributed by atoms with Crippen molar-refractivity contribution in [2.24, 2.45) is 5.92 Å². The lowest BCUT2D eigenvalue weighted by molar-refractivity contribution is -0.193. The van der Waals surface area contributed by atoms with Crippen molar-refractivity contribution in [3.8, 4) is 5.75 Å². The molecule has 5 rings (SSSR count). The van der Waals surface area contributed by atoms with Crippen molar-refractivity contribution in [1.29, 1.82) is 0 Å². The fourth-order valence-corrected chi connectivity index (χ4v) is 6.02. The number of ether oxygens (including phenoxy) is 1. The summed E-state index contributed by atoms with van der Waals surface area (Å²) in [6, 6.07) is 21.7. The molecule has 1 aliphatic rings. The normalized spacial score (nSPS) is 15.3. The molecule has 4 aromatic rings. The number of carbonyl (C=O) groups excluding carboxylic acids is 1. The highest BCUT2D eigenvalue weighted by Crippen LogP contribution is 2.35. The summed E-state index contributed by atoms with van der Waals surface area (Å²) in [5.41, 5.74) is 5.38. The third-order valence-corrected chi connectivity index (χ3v) is 8.45. The largest absolute Gasteiger partial charge is 0.497 e. The summed E-state index contributed by atoms with van der Waals surface area (Å²) in [6.45, 7) is 4.28. The number of aromatic nitrogens is 1. The fourth-order valence-electron chi connectivity index (χ4n) is 5.83. The van der Waals surface area contributed by atoms with Crippen LogP contribution in [0.2, 0.25) is 5.02 Å². The van der Waals surface area contributed by atoms with Gasteiger partial charge in [-0.2, -0.15) is 26.3 Å². The molecule has 0 bridgehead atoms. The summed E-state index contributed by atoms with van der Waals surface area (Å²) in [5, 5.41) is 19.7. The number of halogens is 7. The maximum Gasteiger partial charge on any atom is 0.490 e. The van der Waals surface area contributed by atoms with Gasteiger partial charge in [0.25, 0.3) is 0 Å². The minimum Gasteiger partial charge on any atom is -0.497 e. The van der Waals surface area contributed by atoms with E-state index in [9.17, 15) is 31.1 Å². The van der Waals surface area contributed by atoms with E-state index in [0.29, 0.717) is 24.0 Å². The third-order valence-electron chi connectivity index (χ3n) is 8.22. The predicted molar refractivity (Wildman–Crippen MR) is 187 cm³/mol. The Labute approximate surface area is 306 Å². The number of hydrogen-bond acceptors (Lipinski definition) is 6. The van der Waals surface area contributed by atoms with E-state index in [1.165, 1.54) is 0 Å². The summed E-state index contributed by atoms with van der Waals surface area (Å²) in [7, 11) is 5.83. The number of benzene rings is 3. The highest BCUT2D eigenvalue weighted by Gasteiger charge is 2.39. The van der Waals surface area contributed by atoms with Crippen molar-refractivity contribution in [2.75, 3.05) is 39.2 Å². The van der Waals surface area contributed by atoms with Gasteiger partial charge in [0.05, 0.1) is 13.2 Å². The van der Waals surface area contributed by atoms with E-state index in [1.807, 2.05) is 65.7 Å². The van der Waals surface area contributed by atoms with Crippen LogP contribution in [0.15, 0.2) is 72.9 Å². The molecule has 1 aromatic heterocycles. The molecular weight excluding hydrogens is 734 g/mol. The summed E-state index contributed by atoms with van der Waals surface area (Å²) in [6.07, 6.45) is -7.22. The van der Waals surface area contributed by atoms with Crippen LogP contribution in [0, 0.1) is 5.92 Å². The Balaban J connectivity index is 0.000000458. The minimum absolute atomic E-state index is 0.0723. The van der Waals surface area contributed by atoms with Crippen LogP contribution in [0.5, 0.6) is 5.75 Å². The highest BCUT2D eigenvalue weighted by atomic mass is 35.5. The number of carboxylic acid groups (broad SMARTS) is 2. The van der Waals surface area contributed by atoms with E-state index in [2.05, 4.69) is 48.4 Å². The molecule has 10 nitrogen and oxygen atoms in total. The molecule has 0 fully saturated rings. The van der Waals surface area contributed by atoms with Gasteiger partial charge in [0, 0.05) is 53.4 Å². The lowest BCUT2D eigenvalue weighted by Crippen LogP contribution is -2.52. The molecule has 1 amide bonds. The number of fused-ring (bicyclic) bond motifs is 2. The molecule has 3 atom stereocenters. The van der Waals surface area contributed by atoms with Crippen molar-refractivity contribution >= 4 is 46.0 Å². The van der Waals surface area contributed by atoms with Crippen molar-refractivity contribution in [2.45, 2.75) is 44.2 Å². The monoisotopic (exact) mass is 772 g/mol. The van der Waals surface area contributed by atoms with Crippen molar-refractivity contribution in [3.63, 3.8) is 0 Å². The van der Waals surface area contributed by atoms with Crippen LogP contribution in [0.3, 0.4) is 0 Å². The summed E-state index contributed by atoms with van der Waals surface area (Å²) in [5.74, 6) is -4.38. The molecule has 0 radical (unpaired) electrons. The topological polar surface area (TPSA) is 135 Å². The number of carbonyl (C=O) groups is 3. The summed E-state index contributed by atoms with van der Waals surface area (Å²) < 4.78 is 68.8. The van der Waals surface area contributed by atoms with Crippen molar-refractivity contribution < 1.29 is 55.7 Å². The van der Waals surface area contributed by atoms with E-state index < -0.39 is 30.3 Å². The molecule has 1 aliphatic heterocycles. The zero-order valence-electron chi connectivity index (χ0n) is 29.1. The van der Waals surface area contributed by atoms with Gasteiger partial charge in [-0.05, 0) is 79.5 Å². The van der Waals surface area contributed by atoms with Gasteiger partial charge in [-0.15, -0.1) is 0 Å². The zero-order chi connectivity index (χ0) is 39.7. The second-order valence-electron chi connectivity index (χ2n) is 12.4. The first kappa shape index (κ1) is 42.6. The zero-order valence-corrected chi connectivity index (χ0v) is 29.8. The highest BCUT2D eigenvalue weighted by molar-refractivity contribution is 6.30. The first-order valence-corrected chi connectivity index (χ1v) is 16.4. The van der Waals surface area contributed by atoms with Crippen molar-refractivity contribution in [3.05, 3.63) is 94.6 Å². The lowest BCUT2D eigenvalue weighted by atomic mass is 9.88. The number of nitrogens with one attached hydrogen (secondary N) is 2. The van der Waals surface area contributed by atoms with Gasteiger partial charge >= 0.3 is 24.3 Å². The number of amides is 1. The molecule has 0 aliphatic carbocycles. The molecule has 2 unspecified atom stereocenters. The Morgan fingerprint density at radius 2 is 1.57 bits per heavy atom. The Kier molecular flexibility index (Phi) is 14.7. The van der Waals surface area contributed by atoms with Gasteiger partial charge in [-0.25, -0.2) is 9.59 Å². The number of anilines is 1. The second-order valence-corrected chi connectivity index (χ2v) is 12.9. The molecule has 3 aromatic carbocycles.